The van der Waals surface area contributed by atoms with Gasteiger partial charge in [-0.3, -0.25) is 4.79 Å². The number of carbonyl (C=O) groups is 1. The third-order valence-electron chi connectivity index (χ3n) is 3.28. The zero-order valence-corrected chi connectivity index (χ0v) is 12.1. The molecular weight excluding hydrogens is 297 g/mol. The summed E-state index contributed by atoms with van der Waals surface area (Å²) in [5.74, 6) is -4.17. The Labute approximate surface area is 125 Å². The van der Waals surface area contributed by atoms with Crippen LogP contribution in [0.1, 0.15) is 25.6 Å². The number of nitrogens with two attached hydrogens (primary N) is 1. The second-order valence-corrected chi connectivity index (χ2v) is 5.00. The molecule has 0 fully saturated rings. The maximum atomic E-state index is 13.5. The first-order chi connectivity index (χ1) is 10.4. The molecule has 3 N–H and O–H groups in total. The van der Waals surface area contributed by atoms with Gasteiger partial charge in [0.25, 0.3) is 5.91 Å². The molecule has 0 aliphatic carbocycles. The molecule has 1 amide bonds. The number of carbonyl (C=O) groups excluding carboxylic acids is 1. The predicted molar refractivity (Wildman–Crippen MR) is 73.5 cm³/mol. The lowest BCUT2D eigenvalue weighted by Gasteiger charge is -2.15. The van der Waals surface area contributed by atoms with Gasteiger partial charge in [-0.2, -0.15) is 0 Å². The number of quaternary nitrogens is 1. The van der Waals surface area contributed by atoms with Gasteiger partial charge in [0.15, 0.2) is 29.3 Å². The van der Waals surface area contributed by atoms with Crippen LogP contribution in [-0.4, -0.2) is 11.9 Å². The molecule has 1 aromatic heterocycles. The molecule has 22 heavy (non-hydrogen) atoms. The molecule has 4 nitrogen and oxygen atoms in total. The second kappa shape index (κ2) is 6.65. The van der Waals surface area contributed by atoms with Crippen LogP contribution in [-0.2, 0) is 4.79 Å². The van der Waals surface area contributed by atoms with Crippen LogP contribution in [0.15, 0.2) is 34.9 Å². The van der Waals surface area contributed by atoms with Crippen molar-refractivity contribution >= 4 is 11.6 Å². The largest absolute Gasteiger partial charge is 0.463 e. The Bertz CT molecular complexity index is 659. The van der Waals surface area contributed by atoms with Gasteiger partial charge in [-0.05, 0) is 38.1 Å². The number of hydrogen-bond donors (Lipinski definition) is 2. The van der Waals surface area contributed by atoms with Gasteiger partial charge >= 0.3 is 0 Å². The summed E-state index contributed by atoms with van der Waals surface area (Å²) in [6.45, 7) is 3.47. The molecule has 0 saturated heterocycles. The van der Waals surface area contributed by atoms with Crippen molar-refractivity contribution in [2.45, 2.75) is 25.9 Å². The Morgan fingerprint density at radius 1 is 1.18 bits per heavy atom. The predicted octanol–water partition coefficient (Wildman–Crippen LogP) is 2.35. The summed E-state index contributed by atoms with van der Waals surface area (Å²) in [5, 5.41) is 3.96. The molecule has 118 valence electrons. The lowest BCUT2D eigenvalue weighted by atomic mass is 10.2. The van der Waals surface area contributed by atoms with Gasteiger partial charge in [-0.25, -0.2) is 13.2 Å². The molecule has 0 spiro atoms. The van der Waals surface area contributed by atoms with E-state index in [1.807, 2.05) is 6.92 Å². The first-order valence-electron chi connectivity index (χ1n) is 6.73. The van der Waals surface area contributed by atoms with E-state index in [1.54, 1.807) is 24.4 Å². The summed E-state index contributed by atoms with van der Waals surface area (Å²) in [6, 6.07) is 4.56. The molecule has 0 saturated carbocycles. The summed E-state index contributed by atoms with van der Waals surface area (Å²) in [4.78, 5) is 12.0. The summed E-state index contributed by atoms with van der Waals surface area (Å²) in [7, 11) is 0. The van der Waals surface area contributed by atoms with Crippen LogP contribution < -0.4 is 10.6 Å². The molecule has 0 unspecified atom stereocenters. The Kier molecular flexibility index (Phi) is 4.87. The molecule has 0 radical (unpaired) electrons. The minimum atomic E-state index is -1.61. The molecule has 1 aromatic carbocycles. The van der Waals surface area contributed by atoms with E-state index < -0.39 is 35.1 Å². The molecule has 1 heterocycles. The van der Waals surface area contributed by atoms with E-state index in [-0.39, 0.29) is 6.04 Å². The SMILES string of the molecule is C[C@H]([NH2+][C@H](C)C(=O)Nc1ccc(F)c(F)c1F)c1ccco1. The number of rotatable bonds is 5. The normalized spacial score (nSPS) is 13.7. The second-order valence-electron chi connectivity index (χ2n) is 5.00. The van der Waals surface area contributed by atoms with Crippen LogP contribution in [0.25, 0.3) is 0 Å². The maximum absolute atomic E-state index is 13.5. The third-order valence-corrected chi connectivity index (χ3v) is 3.28. The van der Waals surface area contributed by atoms with Gasteiger partial charge in [-0.1, -0.05) is 0 Å². The molecule has 0 bridgehead atoms. The first-order valence-corrected chi connectivity index (χ1v) is 6.73. The topological polar surface area (TPSA) is 58.9 Å². The van der Waals surface area contributed by atoms with Crippen molar-refractivity contribution in [2.24, 2.45) is 0 Å². The van der Waals surface area contributed by atoms with E-state index in [4.69, 9.17) is 4.42 Å². The van der Waals surface area contributed by atoms with Crippen LogP contribution in [0.5, 0.6) is 0 Å². The third kappa shape index (κ3) is 3.48. The number of anilines is 1. The van der Waals surface area contributed by atoms with Crippen molar-refractivity contribution in [3.8, 4) is 0 Å². The van der Waals surface area contributed by atoms with Crippen molar-refractivity contribution in [1.82, 2.24) is 0 Å². The Morgan fingerprint density at radius 3 is 2.55 bits per heavy atom. The van der Waals surface area contributed by atoms with E-state index in [2.05, 4.69) is 5.32 Å². The van der Waals surface area contributed by atoms with Crippen LogP contribution >= 0.6 is 0 Å². The monoisotopic (exact) mass is 313 g/mol. The van der Waals surface area contributed by atoms with Gasteiger partial charge in [-0.15, -0.1) is 0 Å². The highest BCUT2D eigenvalue weighted by molar-refractivity contribution is 5.93. The number of hydrogen-bond acceptors (Lipinski definition) is 2. The van der Waals surface area contributed by atoms with Crippen molar-refractivity contribution in [1.29, 1.82) is 0 Å². The first kappa shape index (κ1) is 16.1. The number of nitrogens with one attached hydrogen (secondary N) is 1. The fraction of sp³-hybridized carbons (Fsp3) is 0.267. The number of halogens is 3. The van der Waals surface area contributed by atoms with Gasteiger partial charge < -0.3 is 15.1 Å². The smallest absolute Gasteiger partial charge is 0.282 e. The Hall–Kier alpha value is -2.28. The molecule has 2 aromatic rings. The van der Waals surface area contributed by atoms with Crippen molar-refractivity contribution in [2.75, 3.05) is 5.32 Å². The van der Waals surface area contributed by atoms with E-state index >= 15 is 0 Å². The summed E-state index contributed by atoms with van der Waals surface area (Å²) < 4.78 is 44.7. The summed E-state index contributed by atoms with van der Waals surface area (Å²) in [5.41, 5.74) is -0.394. The summed E-state index contributed by atoms with van der Waals surface area (Å²) >= 11 is 0. The van der Waals surface area contributed by atoms with Crippen LogP contribution in [0.2, 0.25) is 0 Å². The molecular formula is C15H16F3N2O2+. The van der Waals surface area contributed by atoms with E-state index in [0.717, 1.165) is 12.1 Å². The molecule has 2 atom stereocenters. The van der Waals surface area contributed by atoms with Crippen molar-refractivity contribution < 1.29 is 27.7 Å². The fourth-order valence-electron chi connectivity index (χ4n) is 2.03. The fourth-order valence-corrected chi connectivity index (χ4v) is 2.03. The van der Waals surface area contributed by atoms with Gasteiger partial charge in [0, 0.05) is 0 Å². The van der Waals surface area contributed by atoms with Crippen LogP contribution in [0.4, 0.5) is 18.9 Å². The van der Waals surface area contributed by atoms with Crippen molar-refractivity contribution in [3.63, 3.8) is 0 Å². The molecule has 0 aliphatic heterocycles. The zero-order valence-electron chi connectivity index (χ0n) is 12.1. The molecule has 0 aliphatic rings. The molecule has 2 rings (SSSR count). The quantitative estimate of drug-likeness (QED) is 0.833. The number of furan rings is 1. The van der Waals surface area contributed by atoms with E-state index in [1.165, 1.54) is 6.26 Å². The lowest BCUT2D eigenvalue weighted by Crippen LogP contribution is -2.91. The van der Waals surface area contributed by atoms with Gasteiger partial charge in [0.05, 0.1) is 12.0 Å². The average molecular weight is 313 g/mol. The maximum Gasteiger partial charge on any atom is 0.282 e. The zero-order chi connectivity index (χ0) is 16.3. The standard InChI is InChI=1S/C15H15F3N2O2/c1-8(12-4-3-7-22-12)19-9(2)15(21)20-11-6-5-10(16)13(17)14(11)18/h3-9,19H,1-2H3,(H,20,21)/p+1/t8-,9+/m0/s1. The minimum Gasteiger partial charge on any atom is -0.463 e. The highest BCUT2D eigenvalue weighted by atomic mass is 19.2. The molecule has 7 heteroatoms. The van der Waals surface area contributed by atoms with Gasteiger partial charge in [0.1, 0.15) is 6.04 Å². The summed E-state index contributed by atoms with van der Waals surface area (Å²) in [6.07, 6.45) is 1.53. The Morgan fingerprint density at radius 2 is 1.91 bits per heavy atom. The highest BCUT2D eigenvalue weighted by Gasteiger charge is 2.23. The van der Waals surface area contributed by atoms with Crippen LogP contribution in [0, 0.1) is 17.5 Å². The van der Waals surface area contributed by atoms with E-state index in [0.29, 0.717) is 5.76 Å². The number of benzene rings is 1. The van der Waals surface area contributed by atoms with Crippen molar-refractivity contribution in [3.05, 3.63) is 53.7 Å². The highest BCUT2D eigenvalue weighted by Crippen LogP contribution is 2.19. The van der Waals surface area contributed by atoms with Gasteiger partial charge in [0.2, 0.25) is 0 Å². The average Bonchev–Trinajstić information content (AvgIpc) is 3.02. The minimum absolute atomic E-state index is 0.120. The lowest BCUT2D eigenvalue weighted by molar-refractivity contribution is -0.711. The number of amides is 1. The Balaban J connectivity index is 2.01. The van der Waals surface area contributed by atoms with Crippen LogP contribution in [0.3, 0.4) is 0 Å². The van der Waals surface area contributed by atoms with E-state index in [9.17, 15) is 18.0 Å².